The number of carbonyl (C=O) groups is 3. The fraction of sp³-hybridized carbons (Fsp3) is 0.667. The zero-order chi connectivity index (χ0) is 19.6. The van der Waals surface area contributed by atoms with Gasteiger partial charge in [-0.15, -0.1) is 0 Å². The van der Waals surface area contributed by atoms with Crippen LogP contribution in [0.5, 0.6) is 0 Å². The van der Waals surface area contributed by atoms with E-state index in [2.05, 4.69) is 24.9 Å². The zero-order valence-corrected chi connectivity index (χ0v) is 16.2. The maximum absolute atomic E-state index is 12.2. The maximum atomic E-state index is 12.2. The summed E-state index contributed by atoms with van der Waals surface area (Å²) in [5, 5.41) is 2.49. The maximum Gasteiger partial charge on any atom is 0.306 e. The molecule has 1 aliphatic heterocycles. The van der Waals surface area contributed by atoms with Gasteiger partial charge in [-0.2, -0.15) is 0 Å². The Labute approximate surface area is 160 Å². The van der Waals surface area contributed by atoms with Crippen molar-refractivity contribution in [2.45, 2.75) is 63.6 Å². The lowest BCUT2D eigenvalue weighted by Crippen LogP contribution is -2.23. The fourth-order valence-corrected chi connectivity index (χ4v) is 4.38. The van der Waals surface area contributed by atoms with E-state index in [4.69, 9.17) is 9.47 Å². The van der Waals surface area contributed by atoms with E-state index >= 15 is 0 Å². The summed E-state index contributed by atoms with van der Waals surface area (Å²) in [6.07, 6.45) is 6.41. The molecule has 3 aliphatic rings. The zero-order valence-electron chi connectivity index (χ0n) is 16.2. The van der Waals surface area contributed by atoms with Crippen LogP contribution in [0.1, 0.15) is 51.9 Å². The van der Waals surface area contributed by atoms with Crippen molar-refractivity contribution in [2.24, 2.45) is 11.8 Å². The summed E-state index contributed by atoms with van der Waals surface area (Å²) < 4.78 is 11.4. The van der Waals surface area contributed by atoms with Crippen molar-refractivity contribution in [2.75, 3.05) is 13.7 Å². The summed E-state index contributed by atoms with van der Waals surface area (Å²) in [4.78, 5) is 35.3. The average Bonchev–Trinajstić information content (AvgIpc) is 3.24. The van der Waals surface area contributed by atoms with E-state index in [1.165, 1.54) is 0 Å². The third-order valence-electron chi connectivity index (χ3n) is 6.18. The van der Waals surface area contributed by atoms with Gasteiger partial charge in [0.1, 0.15) is 6.61 Å². The van der Waals surface area contributed by atoms with Gasteiger partial charge in [0.15, 0.2) is 5.78 Å². The number of hydrogen-bond donors (Lipinski definition) is 1. The van der Waals surface area contributed by atoms with Gasteiger partial charge in [-0.05, 0) is 49.7 Å². The number of Topliss-reactive ketones (excluding diaryl/α,β-unsaturated/α-hetero) is 1. The van der Waals surface area contributed by atoms with Gasteiger partial charge in [0, 0.05) is 25.8 Å². The Morgan fingerprint density at radius 3 is 2.93 bits per heavy atom. The molecule has 1 heterocycles. The molecule has 0 spiro atoms. The monoisotopic (exact) mass is 375 g/mol. The predicted octanol–water partition coefficient (Wildman–Crippen LogP) is 2.48. The molecule has 148 valence electrons. The van der Waals surface area contributed by atoms with Gasteiger partial charge in [-0.3, -0.25) is 14.4 Å². The molecular formula is C21H29NO5. The number of ketones is 1. The summed E-state index contributed by atoms with van der Waals surface area (Å²) in [5.41, 5.74) is 1.63. The molecule has 1 saturated heterocycles. The van der Waals surface area contributed by atoms with Gasteiger partial charge in [0.25, 0.3) is 0 Å². The molecule has 6 heteroatoms. The minimum atomic E-state index is -0.368. The lowest BCUT2D eigenvalue weighted by atomic mass is 9.80. The van der Waals surface area contributed by atoms with E-state index in [1.807, 2.05) is 0 Å². The highest BCUT2D eigenvalue weighted by atomic mass is 16.6. The van der Waals surface area contributed by atoms with Crippen molar-refractivity contribution >= 4 is 17.7 Å². The van der Waals surface area contributed by atoms with E-state index in [0.717, 1.165) is 36.8 Å². The molecule has 0 bridgehead atoms. The molecule has 0 unspecified atom stereocenters. The van der Waals surface area contributed by atoms with E-state index < -0.39 is 0 Å². The summed E-state index contributed by atoms with van der Waals surface area (Å²) in [6, 6.07) is 0. The van der Waals surface area contributed by atoms with Crippen molar-refractivity contribution in [3.8, 4) is 0 Å². The Hall–Kier alpha value is -1.95. The lowest BCUT2D eigenvalue weighted by molar-refractivity contribution is -0.144. The molecule has 0 aromatic rings. The van der Waals surface area contributed by atoms with Crippen LogP contribution in [0.15, 0.2) is 23.8 Å². The van der Waals surface area contributed by atoms with Gasteiger partial charge in [0.05, 0.1) is 18.1 Å². The fourth-order valence-electron chi connectivity index (χ4n) is 4.38. The summed E-state index contributed by atoms with van der Waals surface area (Å²) in [7, 11) is 1.54. The van der Waals surface area contributed by atoms with Crippen LogP contribution in [-0.2, 0) is 23.9 Å². The standard InChI is InChI=1S/C21H29NO5/c1-13-15-7-6-14(12-26-19(25)9-8-18(24)22-3)5-4-10-21(2)20(27-21)16(15)11-17(13)23/h5,15-16,20H,1,4,6-12H2,2-3H3,(H,22,24)/b14-5+/t15-,16-,20-,21+/m0/s1. The highest BCUT2D eigenvalue weighted by molar-refractivity contribution is 5.98. The minimum absolute atomic E-state index is 0.0799. The number of fused-ring (bicyclic) bond motifs is 3. The van der Waals surface area contributed by atoms with Crippen molar-refractivity contribution in [1.82, 2.24) is 5.32 Å². The number of esters is 1. The first-order valence-electron chi connectivity index (χ1n) is 9.78. The molecule has 6 nitrogen and oxygen atoms in total. The Morgan fingerprint density at radius 2 is 2.19 bits per heavy atom. The summed E-state index contributed by atoms with van der Waals surface area (Å²) in [6.45, 7) is 6.38. The Kier molecular flexibility index (Phi) is 5.84. The van der Waals surface area contributed by atoms with Crippen LogP contribution in [-0.4, -0.2) is 43.0 Å². The first-order chi connectivity index (χ1) is 12.8. The normalized spacial score (nSPS) is 34.7. The second-order valence-electron chi connectivity index (χ2n) is 8.05. The minimum Gasteiger partial charge on any atom is -0.461 e. The third-order valence-corrected chi connectivity index (χ3v) is 6.18. The van der Waals surface area contributed by atoms with Gasteiger partial charge in [-0.1, -0.05) is 12.7 Å². The number of nitrogens with one attached hydrogen (secondary N) is 1. The Balaban J connectivity index is 1.59. The quantitative estimate of drug-likeness (QED) is 0.345. The molecule has 27 heavy (non-hydrogen) atoms. The topological polar surface area (TPSA) is 85.0 Å². The smallest absolute Gasteiger partial charge is 0.306 e. The largest absolute Gasteiger partial charge is 0.461 e. The van der Waals surface area contributed by atoms with Crippen molar-refractivity contribution < 1.29 is 23.9 Å². The third kappa shape index (κ3) is 4.49. The second kappa shape index (κ2) is 7.97. The van der Waals surface area contributed by atoms with Crippen LogP contribution in [0.25, 0.3) is 0 Å². The summed E-state index contributed by atoms with van der Waals surface area (Å²) in [5.74, 6) is -0.00694. The number of hydrogen-bond acceptors (Lipinski definition) is 5. The first kappa shape index (κ1) is 19.8. The first-order valence-corrected chi connectivity index (χ1v) is 9.78. The molecule has 2 fully saturated rings. The molecule has 0 aromatic heterocycles. The highest BCUT2D eigenvalue weighted by Gasteiger charge is 2.59. The number of amides is 1. The van der Waals surface area contributed by atoms with Crippen LogP contribution >= 0.6 is 0 Å². The van der Waals surface area contributed by atoms with Crippen molar-refractivity contribution in [1.29, 1.82) is 0 Å². The predicted molar refractivity (Wildman–Crippen MR) is 99.8 cm³/mol. The van der Waals surface area contributed by atoms with Gasteiger partial charge in [-0.25, -0.2) is 0 Å². The molecular weight excluding hydrogens is 346 g/mol. The number of carbonyl (C=O) groups excluding carboxylic acids is 3. The molecule has 0 radical (unpaired) electrons. The molecule has 2 aliphatic carbocycles. The number of rotatable bonds is 5. The highest BCUT2D eigenvalue weighted by Crippen LogP contribution is 2.53. The van der Waals surface area contributed by atoms with Crippen LogP contribution < -0.4 is 5.32 Å². The van der Waals surface area contributed by atoms with E-state index in [-0.39, 0.29) is 60.6 Å². The van der Waals surface area contributed by atoms with Crippen LogP contribution in [0.4, 0.5) is 0 Å². The van der Waals surface area contributed by atoms with E-state index in [0.29, 0.717) is 6.42 Å². The molecule has 0 aromatic carbocycles. The van der Waals surface area contributed by atoms with E-state index in [1.54, 1.807) is 7.05 Å². The average molecular weight is 375 g/mol. The van der Waals surface area contributed by atoms with Gasteiger partial charge in [0.2, 0.25) is 5.91 Å². The molecule has 4 atom stereocenters. The van der Waals surface area contributed by atoms with Crippen molar-refractivity contribution in [3.63, 3.8) is 0 Å². The van der Waals surface area contributed by atoms with E-state index in [9.17, 15) is 14.4 Å². The number of epoxide rings is 1. The van der Waals surface area contributed by atoms with Crippen LogP contribution in [0, 0.1) is 11.8 Å². The Bertz CT molecular complexity index is 682. The second-order valence-corrected chi connectivity index (χ2v) is 8.05. The number of allylic oxidation sites excluding steroid dienone is 2. The summed E-state index contributed by atoms with van der Waals surface area (Å²) >= 11 is 0. The molecule has 1 amide bonds. The van der Waals surface area contributed by atoms with Crippen molar-refractivity contribution in [3.05, 3.63) is 23.8 Å². The lowest BCUT2D eigenvalue weighted by Gasteiger charge is -2.21. The number of ether oxygens (including phenoxy) is 2. The SMILES string of the molecule is C=C1C(=O)C[C@H]2[C@H]1CC/C(COC(=O)CCC(=O)NC)=C\CC[C@@]1(C)O[C@@H]21. The van der Waals surface area contributed by atoms with Crippen LogP contribution in [0.3, 0.4) is 0 Å². The van der Waals surface area contributed by atoms with Gasteiger partial charge >= 0.3 is 5.97 Å². The molecule has 1 N–H and O–H groups in total. The molecule has 1 saturated carbocycles. The van der Waals surface area contributed by atoms with Gasteiger partial charge < -0.3 is 14.8 Å². The Morgan fingerprint density at radius 1 is 1.41 bits per heavy atom. The van der Waals surface area contributed by atoms with Crippen LogP contribution in [0.2, 0.25) is 0 Å². The molecule has 3 rings (SSSR count).